The summed E-state index contributed by atoms with van der Waals surface area (Å²) in [5, 5.41) is 0.419. The van der Waals surface area contributed by atoms with E-state index in [4.69, 9.17) is 11.6 Å². The van der Waals surface area contributed by atoms with Gasteiger partial charge in [-0.2, -0.15) is 4.99 Å². The van der Waals surface area contributed by atoms with Crippen LogP contribution in [-0.4, -0.2) is 11.1 Å². The fourth-order valence-electron chi connectivity index (χ4n) is 1.05. The molecule has 0 saturated carbocycles. The van der Waals surface area contributed by atoms with E-state index in [0.29, 0.717) is 5.15 Å². The van der Waals surface area contributed by atoms with Crippen molar-refractivity contribution < 1.29 is 4.79 Å². The fourth-order valence-corrected chi connectivity index (χ4v) is 1.31. The Balaban J connectivity index is 3.07. The van der Waals surface area contributed by atoms with Crippen LogP contribution < -0.4 is 0 Å². The average molecular weight is 197 g/mol. The number of hydrogen-bond donors (Lipinski definition) is 0. The minimum atomic E-state index is -0.211. The summed E-state index contributed by atoms with van der Waals surface area (Å²) in [5.74, 6) is 0. The van der Waals surface area contributed by atoms with Crippen molar-refractivity contribution in [2.45, 2.75) is 19.9 Å². The second-order valence-electron chi connectivity index (χ2n) is 2.76. The second-order valence-corrected chi connectivity index (χ2v) is 3.15. The molecule has 1 heterocycles. The van der Waals surface area contributed by atoms with Gasteiger partial charge in [0.2, 0.25) is 6.08 Å². The summed E-state index contributed by atoms with van der Waals surface area (Å²) >= 11 is 5.74. The van der Waals surface area contributed by atoms with E-state index in [1.54, 1.807) is 13.0 Å². The number of halogens is 1. The molecule has 0 aliphatic rings. The topological polar surface area (TPSA) is 42.3 Å². The molecular formula is C9H9ClN2O. The van der Waals surface area contributed by atoms with Crippen LogP contribution in [0.4, 0.5) is 0 Å². The lowest BCUT2D eigenvalue weighted by molar-refractivity contribution is 0.559. The van der Waals surface area contributed by atoms with Crippen LogP contribution in [0, 0.1) is 6.92 Å². The van der Waals surface area contributed by atoms with E-state index in [1.807, 2.05) is 13.0 Å². The molecule has 0 spiro atoms. The van der Waals surface area contributed by atoms with Crippen molar-refractivity contribution in [2.24, 2.45) is 4.99 Å². The number of isocyanates is 1. The molecule has 68 valence electrons. The minimum absolute atomic E-state index is 0.211. The van der Waals surface area contributed by atoms with Crippen molar-refractivity contribution in [1.29, 1.82) is 0 Å². The molecule has 0 bridgehead atoms. The quantitative estimate of drug-likeness (QED) is 0.414. The second kappa shape index (κ2) is 4.17. The highest BCUT2D eigenvalue weighted by Crippen LogP contribution is 2.19. The number of aromatic nitrogens is 1. The summed E-state index contributed by atoms with van der Waals surface area (Å²) in [5.41, 5.74) is 1.69. The first-order chi connectivity index (χ1) is 6.13. The van der Waals surface area contributed by atoms with Gasteiger partial charge in [-0.1, -0.05) is 11.6 Å². The molecule has 0 aromatic carbocycles. The van der Waals surface area contributed by atoms with Crippen LogP contribution in [0.15, 0.2) is 17.1 Å². The maximum atomic E-state index is 10.0. The van der Waals surface area contributed by atoms with Gasteiger partial charge in [0, 0.05) is 5.69 Å². The Morgan fingerprint density at radius 3 is 2.85 bits per heavy atom. The molecule has 1 atom stereocenters. The van der Waals surface area contributed by atoms with Crippen molar-refractivity contribution >= 4 is 17.7 Å². The molecule has 4 heteroatoms. The van der Waals surface area contributed by atoms with Crippen molar-refractivity contribution in [3.05, 3.63) is 28.5 Å². The Hall–Kier alpha value is -1.18. The Labute approximate surface area is 81.5 Å². The first-order valence-electron chi connectivity index (χ1n) is 3.84. The van der Waals surface area contributed by atoms with Gasteiger partial charge in [-0.15, -0.1) is 0 Å². The molecule has 1 rings (SSSR count). The van der Waals surface area contributed by atoms with E-state index in [-0.39, 0.29) is 6.04 Å². The third-order valence-electron chi connectivity index (χ3n) is 1.67. The van der Waals surface area contributed by atoms with Gasteiger partial charge in [-0.05, 0) is 31.5 Å². The van der Waals surface area contributed by atoms with Crippen molar-refractivity contribution in [2.75, 3.05) is 0 Å². The van der Waals surface area contributed by atoms with Gasteiger partial charge >= 0.3 is 0 Å². The van der Waals surface area contributed by atoms with Gasteiger partial charge in [0.05, 0.1) is 6.04 Å². The predicted molar refractivity (Wildman–Crippen MR) is 50.5 cm³/mol. The maximum Gasteiger partial charge on any atom is 0.235 e. The van der Waals surface area contributed by atoms with Crippen molar-refractivity contribution in [1.82, 2.24) is 4.98 Å². The van der Waals surface area contributed by atoms with Crippen LogP contribution in [0.2, 0.25) is 5.15 Å². The zero-order valence-corrected chi connectivity index (χ0v) is 8.17. The number of aliphatic imine (C=N–C) groups is 1. The van der Waals surface area contributed by atoms with Gasteiger partial charge in [0.1, 0.15) is 5.15 Å². The Morgan fingerprint density at radius 1 is 1.62 bits per heavy atom. The van der Waals surface area contributed by atoms with Crippen LogP contribution in [0.1, 0.15) is 24.2 Å². The van der Waals surface area contributed by atoms with E-state index in [0.717, 1.165) is 11.3 Å². The predicted octanol–water partition coefficient (Wildman–Crippen LogP) is 2.44. The lowest BCUT2D eigenvalue weighted by atomic mass is 10.1. The summed E-state index contributed by atoms with van der Waals surface area (Å²) < 4.78 is 0. The lowest BCUT2D eigenvalue weighted by Crippen LogP contribution is -1.92. The van der Waals surface area contributed by atoms with Crippen LogP contribution in [0.25, 0.3) is 0 Å². The van der Waals surface area contributed by atoms with E-state index in [2.05, 4.69) is 9.98 Å². The summed E-state index contributed by atoms with van der Waals surface area (Å²) in [7, 11) is 0. The van der Waals surface area contributed by atoms with E-state index >= 15 is 0 Å². The highest BCUT2D eigenvalue weighted by molar-refractivity contribution is 6.29. The van der Waals surface area contributed by atoms with Crippen LogP contribution >= 0.6 is 11.6 Å². The van der Waals surface area contributed by atoms with Crippen molar-refractivity contribution in [3.63, 3.8) is 0 Å². The smallest absolute Gasteiger partial charge is 0.235 e. The summed E-state index contributed by atoms with van der Waals surface area (Å²) in [4.78, 5) is 17.6. The molecule has 0 saturated heterocycles. The molecule has 3 nitrogen and oxygen atoms in total. The van der Waals surface area contributed by atoms with Crippen LogP contribution in [0.3, 0.4) is 0 Å². The SMILES string of the molecule is Cc1cc(C(C)N=C=O)cc(Cl)n1. The maximum absolute atomic E-state index is 10.0. The molecule has 0 N–H and O–H groups in total. The summed E-state index contributed by atoms with van der Waals surface area (Å²) in [6.07, 6.45) is 1.52. The van der Waals surface area contributed by atoms with E-state index < -0.39 is 0 Å². The molecule has 0 amide bonds. The average Bonchev–Trinajstić information content (AvgIpc) is 2.03. The Kier molecular flexibility index (Phi) is 3.18. The number of rotatable bonds is 2. The summed E-state index contributed by atoms with van der Waals surface area (Å²) in [6, 6.07) is 3.33. The van der Waals surface area contributed by atoms with Crippen LogP contribution in [-0.2, 0) is 4.79 Å². The van der Waals surface area contributed by atoms with Gasteiger partial charge in [-0.3, -0.25) is 0 Å². The largest absolute Gasteiger partial charge is 0.241 e. The first-order valence-corrected chi connectivity index (χ1v) is 4.22. The summed E-state index contributed by atoms with van der Waals surface area (Å²) in [6.45, 7) is 3.64. The molecular weight excluding hydrogens is 188 g/mol. The Morgan fingerprint density at radius 2 is 2.31 bits per heavy atom. The van der Waals surface area contributed by atoms with Gasteiger partial charge in [0.25, 0.3) is 0 Å². The standard InChI is InChI=1S/C9H9ClN2O/c1-6-3-8(4-9(10)12-6)7(2)11-5-13/h3-4,7H,1-2H3. The van der Waals surface area contributed by atoms with Gasteiger partial charge in [-0.25, -0.2) is 9.78 Å². The fraction of sp³-hybridized carbons (Fsp3) is 0.333. The first kappa shape index (κ1) is 9.90. The molecule has 1 unspecified atom stereocenters. The molecule has 1 aromatic rings. The number of nitrogens with zero attached hydrogens (tertiary/aromatic N) is 2. The van der Waals surface area contributed by atoms with Gasteiger partial charge in [0.15, 0.2) is 0 Å². The lowest BCUT2D eigenvalue weighted by Gasteiger charge is -2.05. The van der Waals surface area contributed by atoms with Crippen molar-refractivity contribution in [3.8, 4) is 0 Å². The third kappa shape index (κ3) is 2.65. The molecule has 0 aliphatic carbocycles. The highest BCUT2D eigenvalue weighted by atomic mass is 35.5. The molecule has 13 heavy (non-hydrogen) atoms. The van der Waals surface area contributed by atoms with Gasteiger partial charge < -0.3 is 0 Å². The minimum Gasteiger partial charge on any atom is -0.241 e. The molecule has 0 fully saturated rings. The number of carbonyl (C=O) groups excluding carboxylic acids is 1. The van der Waals surface area contributed by atoms with E-state index in [9.17, 15) is 4.79 Å². The molecule has 1 aromatic heterocycles. The third-order valence-corrected chi connectivity index (χ3v) is 1.87. The highest BCUT2D eigenvalue weighted by Gasteiger charge is 2.05. The number of aryl methyl sites for hydroxylation is 1. The zero-order valence-electron chi connectivity index (χ0n) is 7.41. The number of hydrogen-bond acceptors (Lipinski definition) is 3. The van der Waals surface area contributed by atoms with E-state index in [1.165, 1.54) is 6.08 Å². The normalized spacial score (nSPS) is 11.9. The monoisotopic (exact) mass is 196 g/mol. The zero-order chi connectivity index (χ0) is 9.84. The Bertz CT molecular complexity index is 338. The van der Waals surface area contributed by atoms with Crippen LogP contribution in [0.5, 0.6) is 0 Å². The molecule has 0 radical (unpaired) electrons. The number of pyridine rings is 1. The molecule has 0 aliphatic heterocycles.